The van der Waals surface area contributed by atoms with Crippen molar-refractivity contribution in [3.05, 3.63) is 95.1 Å². The predicted molar refractivity (Wildman–Crippen MR) is 128 cm³/mol. The van der Waals surface area contributed by atoms with E-state index in [4.69, 9.17) is 10.00 Å². The third-order valence-electron chi connectivity index (χ3n) is 5.33. The molecule has 0 saturated carbocycles. The molecule has 1 aliphatic heterocycles. The van der Waals surface area contributed by atoms with E-state index in [9.17, 15) is 4.79 Å². The van der Waals surface area contributed by atoms with E-state index in [1.54, 1.807) is 11.8 Å². The van der Waals surface area contributed by atoms with Crippen molar-refractivity contribution < 1.29 is 9.53 Å². The van der Waals surface area contributed by atoms with Gasteiger partial charge in [0.2, 0.25) is 0 Å². The van der Waals surface area contributed by atoms with Crippen LogP contribution in [0.1, 0.15) is 27.0 Å². The van der Waals surface area contributed by atoms with Crippen LogP contribution in [0.2, 0.25) is 0 Å². The molecule has 162 valence electrons. The lowest BCUT2D eigenvalue weighted by atomic mass is 10.1. The van der Waals surface area contributed by atoms with Gasteiger partial charge < -0.3 is 10.1 Å². The Hall–Kier alpha value is -3.11. The van der Waals surface area contributed by atoms with Crippen LogP contribution < -0.4 is 5.32 Å². The first-order valence-electron chi connectivity index (χ1n) is 10.6. The molecule has 6 heteroatoms. The summed E-state index contributed by atoms with van der Waals surface area (Å²) < 4.78 is 5.40. The van der Waals surface area contributed by atoms with Crippen molar-refractivity contribution >= 4 is 23.4 Å². The van der Waals surface area contributed by atoms with Gasteiger partial charge in [0.25, 0.3) is 5.91 Å². The highest BCUT2D eigenvalue weighted by Gasteiger charge is 2.13. The van der Waals surface area contributed by atoms with E-state index in [0.29, 0.717) is 11.1 Å². The van der Waals surface area contributed by atoms with Gasteiger partial charge in [-0.05, 0) is 47.5 Å². The highest BCUT2D eigenvalue weighted by atomic mass is 32.2. The first-order valence-corrected chi connectivity index (χ1v) is 11.6. The van der Waals surface area contributed by atoms with Gasteiger partial charge in [0.15, 0.2) is 0 Å². The van der Waals surface area contributed by atoms with Crippen LogP contribution >= 0.6 is 11.8 Å². The molecule has 1 N–H and O–H groups in total. The fraction of sp³-hybridized carbons (Fsp3) is 0.231. The number of rotatable bonds is 7. The van der Waals surface area contributed by atoms with Crippen LogP contribution in [0.4, 0.5) is 5.69 Å². The van der Waals surface area contributed by atoms with Crippen LogP contribution in [0.15, 0.2) is 77.7 Å². The minimum atomic E-state index is -0.117. The maximum Gasteiger partial charge on any atom is 0.256 e. The molecule has 32 heavy (non-hydrogen) atoms. The number of nitrogens with zero attached hydrogens (tertiary/aromatic N) is 2. The maximum absolute atomic E-state index is 12.9. The second-order valence-electron chi connectivity index (χ2n) is 7.63. The quantitative estimate of drug-likeness (QED) is 0.524. The molecule has 1 saturated heterocycles. The van der Waals surface area contributed by atoms with Gasteiger partial charge in [-0.15, -0.1) is 11.8 Å². The summed E-state index contributed by atoms with van der Waals surface area (Å²) in [4.78, 5) is 16.3. The maximum atomic E-state index is 12.9. The first-order chi connectivity index (χ1) is 15.7. The van der Waals surface area contributed by atoms with Gasteiger partial charge in [-0.3, -0.25) is 9.69 Å². The van der Waals surface area contributed by atoms with Crippen molar-refractivity contribution in [2.75, 3.05) is 31.6 Å². The van der Waals surface area contributed by atoms with E-state index in [2.05, 4.69) is 28.4 Å². The van der Waals surface area contributed by atoms with E-state index in [-0.39, 0.29) is 5.91 Å². The van der Waals surface area contributed by atoms with Crippen LogP contribution in [0, 0.1) is 11.3 Å². The van der Waals surface area contributed by atoms with E-state index in [1.807, 2.05) is 60.7 Å². The fourth-order valence-corrected chi connectivity index (χ4v) is 4.53. The average Bonchev–Trinajstić information content (AvgIpc) is 2.85. The molecule has 0 radical (unpaired) electrons. The van der Waals surface area contributed by atoms with E-state index in [1.165, 1.54) is 5.56 Å². The summed E-state index contributed by atoms with van der Waals surface area (Å²) in [6.45, 7) is 4.38. The molecule has 0 bridgehead atoms. The Bertz CT molecular complexity index is 1090. The summed E-state index contributed by atoms with van der Waals surface area (Å²) in [7, 11) is 0. The second kappa shape index (κ2) is 11.0. The van der Waals surface area contributed by atoms with E-state index >= 15 is 0 Å². The number of morpholine rings is 1. The topological polar surface area (TPSA) is 65.4 Å². The van der Waals surface area contributed by atoms with Gasteiger partial charge in [0.05, 0.1) is 30.4 Å². The molecule has 0 unspecified atom stereocenters. The molecule has 3 aromatic carbocycles. The van der Waals surface area contributed by atoms with Gasteiger partial charge in [-0.1, -0.05) is 36.4 Å². The molecule has 0 spiro atoms. The van der Waals surface area contributed by atoms with Gasteiger partial charge in [-0.2, -0.15) is 5.26 Å². The molecule has 0 atom stereocenters. The monoisotopic (exact) mass is 443 g/mol. The Morgan fingerprint density at radius 1 is 0.969 bits per heavy atom. The number of hydrogen-bond donors (Lipinski definition) is 1. The summed E-state index contributed by atoms with van der Waals surface area (Å²) >= 11 is 1.61. The summed E-state index contributed by atoms with van der Waals surface area (Å²) in [5.74, 6) is 0.612. The molecule has 0 aliphatic carbocycles. The molecule has 0 aromatic heterocycles. The smallest absolute Gasteiger partial charge is 0.256 e. The first kappa shape index (κ1) is 22.1. The van der Waals surface area contributed by atoms with E-state index < -0.39 is 0 Å². The standard InChI is InChI=1S/C26H25N3O2S/c27-17-20-5-7-22(8-6-20)19-32-25-4-2-1-3-24(25)26(30)28-23-11-9-21(10-12-23)18-29-13-15-31-16-14-29/h1-12H,13-16,18-19H2,(H,28,30). The SMILES string of the molecule is N#Cc1ccc(CSc2ccccc2C(=O)Nc2ccc(CN3CCOCC3)cc2)cc1. The third-order valence-corrected chi connectivity index (χ3v) is 6.48. The number of thioether (sulfide) groups is 1. The Labute approximate surface area is 193 Å². The second-order valence-corrected chi connectivity index (χ2v) is 8.65. The summed E-state index contributed by atoms with van der Waals surface area (Å²) in [5, 5.41) is 12.0. The summed E-state index contributed by atoms with van der Waals surface area (Å²) in [6, 6.07) is 25.4. The lowest BCUT2D eigenvalue weighted by Gasteiger charge is -2.26. The normalized spacial score (nSPS) is 14.0. The van der Waals surface area contributed by atoms with Crippen molar-refractivity contribution in [2.24, 2.45) is 0 Å². The lowest BCUT2D eigenvalue weighted by Crippen LogP contribution is -2.35. The summed E-state index contributed by atoms with van der Waals surface area (Å²) in [5.41, 5.74) is 4.42. The minimum absolute atomic E-state index is 0.117. The van der Waals surface area contributed by atoms with Crippen LogP contribution in [0.5, 0.6) is 0 Å². The van der Waals surface area contributed by atoms with Crippen LogP contribution in [0.25, 0.3) is 0 Å². The van der Waals surface area contributed by atoms with Gasteiger partial charge in [-0.25, -0.2) is 0 Å². The number of carbonyl (C=O) groups excluding carboxylic acids is 1. The lowest BCUT2D eigenvalue weighted by molar-refractivity contribution is 0.0342. The molecule has 1 fully saturated rings. The molecular weight excluding hydrogens is 418 g/mol. The Morgan fingerprint density at radius 3 is 2.38 bits per heavy atom. The fourth-order valence-electron chi connectivity index (χ4n) is 3.53. The molecule has 1 heterocycles. The molecule has 4 rings (SSSR count). The van der Waals surface area contributed by atoms with Crippen molar-refractivity contribution in [1.82, 2.24) is 4.90 Å². The predicted octanol–water partition coefficient (Wildman–Crippen LogP) is 4.94. The number of hydrogen-bond acceptors (Lipinski definition) is 5. The molecule has 1 amide bonds. The van der Waals surface area contributed by atoms with Crippen molar-refractivity contribution in [2.45, 2.75) is 17.2 Å². The zero-order valence-electron chi connectivity index (χ0n) is 17.8. The summed E-state index contributed by atoms with van der Waals surface area (Å²) in [6.07, 6.45) is 0. The largest absolute Gasteiger partial charge is 0.379 e. The van der Waals surface area contributed by atoms with Crippen LogP contribution in [-0.2, 0) is 17.0 Å². The van der Waals surface area contributed by atoms with Gasteiger partial charge in [0, 0.05) is 36.0 Å². The zero-order chi connectivity index (χ0) is 22.2. The highest BCUT2D eigenvalue weighted by molar-refractivity contribution is 7.98. The van der Waals surface area contributed by atoms with Crippen LogP contribution in [-0.4, -0.2) is 37.1 Å². The van der Waals surface area contributed by atoms with Crippen molar-refractivity contribution in [3.63, 3.8) is 0 Å². The Kier molecular flexibility index (Phi) is 7.57. The van der Waals surface area contributed by atoms with Crippen molar-refractivity contribution in [3.8, 4) is 6.07 Å². The number of anilines is 1. The third kappa shape index (κ3) is 5.98. The minimum Gasteiger partial charge on any atom is -0.379 e. The zero-order valence-corrected chi connectivity index (χ0v) is 18.6. The Morgan fingerprint density at radius 2 is 1.66 bits per heavy atom. The number of nitrogens with one attached hydrogen (secondary N) is 1. The number of carbonyl (C=O) groups is 1. The number of ether oxygens (including phenoxy) is 1. The van der Waals surface area contributed by atoms with Crippen molar-refractivity contribution in [1.29, 1.82) is 5.26 Å². The molecule has 1 aliphatic rings. The number of amides is 1. The molecule has 5 nitrogen and oxygen atoms in total. The number of benzene rings is 3. The highest BCUT2D eigenvalue weighted by Crippen LogP contribution is 2.27. The molecular formula is C26H25N3O2S. The molecule has 3 aromatic rings. The van der Waals surface area contributed by atoms with Gasteiger partial charge in [0.1, 0.15) is 0 Å². The average molecular weight is 444 g/mol. The Balaban J connectivity index is 1.37. The van der Waals surface area contributed by atoms with Gasteiger partial charge >= 0.3 is 0 Å². The van der Waals surface area contributed by atoms with E-state index in [0.717, 1.165) is 54.7 Å². The number of nitriles is 1. The van der Waals surface area contributed by atoms with Crippen LogP contribution in [0.3, 0.4) is 0 Å².